The Labute approximate surface area is 178 Å². The number of hydrogen-bond donors (Lipinski definition) is 0. The van der Waals surface area contributed by atoms with E-state index >= 15 is 0 Å². The van der Waals surface area contributed by atoms with Crippen LogP contribution in [0.25, 0.3) is 22.4 Å². The molecule has 154 valence electrons. The third-order valence-electron chi connectivity index (χ3n) is 4.83. The lowest BCUT2D eigenvalue weighted by molar-refractivity contribution is 0.414. The molecule has 0 saturated carbocycles. The predicted molar refractivity (Wildman–Crippen MR) is 119 cm³/mol. The number of fused-ring (bicyclic) bond motifs is 1. The minimum atomic E-state index is -0.373. The number of nitrogens with zero attached hydrogens (tertiary/aromatic N) is 3. The van der Waals surface area contributed by atoms with Crippen LogP contribution in [0.5, 0.6) is 5.75 Å². The molecule has 2 aromatic heterocycles. The molecule has 0 N–H and O–H groups in total. The third kappa shape index (κ3) is 4.11. The van der Waals surface area contributed by atoms with Crippen LogP contribution in [0.15, 0.2) is 62.9 Å². The number of thioether (sulfide) groups is 1. The van der Waals surface area contributed by atoms with Crippen molar-refractivity contribution in [1.29, 1.82) is 0 Å². The van der Waals surface area contributed by atoms with Crippen molar-refractivity contribution < 1.29 is 9.15 Å². The minimum absolute atomic E-state index is 0.373. The highest BCUT2D eigenvalue weighted by Gasteiger charge is 2.15. The molecule has 30 heavy (non-hydrogen) atoms. The van der Waals surface area contributed by atoms with Gasteiger partial charge < -0.3 is 13.7 Å². The summed E-state index contributed by atoms with van der Waals surface area (Å²) >= 11 is 1.57. The molecule has 2 aromatic carbocycles. The van der Waals surface area contributed by atoms with E-state index in [0.717, 1.165) is 40.5 Å². The van der Waals surface area contributed by atoms with Crippen LogP contribution in [0, 0.1) is 6.92 Å². The predicted octanol–water partition coefficient (Wildman–Crippen LogP) is 5.07. The Morgan fingerprint density at radius 2 is 2.00 bits per heavy atom. The SMILES string of the molecule is CCCn1c(SCc2cc(=O)oc3cc(OC)ccc23)nnc1-c1cccc(C)c1. The van der Waals surface area contributed by atoms with E-state index in [4.69, 9.17) is 9.15 Å². The van der Waals surface area contributed by atoms with E-state index in [9.17, 15) is 4.79 Å². The second-order valence-corrected chi connectivity index (χ2v) is 8.01. The average molecular weight is 422 g/mol. The average Bonchev–Trinajstić information content (AvgIpc) is 3.14. The summed E-state index contributed by atoms with van der Waals surface area (Å²) in [5.41, 5.74) is 3.29. The van der Waals surface area contributed by atoms with Crippen molar-refractivity contribution in [3.05, 3.63) is 70.1 Å². The zero-order valence-corrected chi connectivity index (χ0v) is 18.0. The molecule has 0 amide bonds. The van der Waals surface area contributed by atoms with Crippen LogP contribution in [0.1, 0.15) is 24.5 Å². The van der Waals surface area contributed by atoms with Gasteiger partial charge >= 0.3 is 5.63 Å². The van der Waals surface area contributed by atoms with Crippen molar-refractivity contribution in [2.75, 3.05) is 7.11 Å². The fourth-order valence-corrected chi connectivity index (χ4v) is 4.37. The van der Waals surface area contributed by atoms with Crippen molar-refractivity contribution in [1.82, 2.24) is 14.8 Å². The molecule has 4 rings (SSSR count). The largest absolute Gasteiger partial charge is 0.497 e. The monoisotopic (exact) mass is 421 g/mol. The van der Waals surface area contributed by atoms with E-state index in [1.54, 1.807) is 31.0 Å². The molecule has 4 aromatic rings. The topological polar surface area (TPSA) is 70.2 Å². The molecule has 0 fully saturated rings. The first-order chi connectivity index (χ1) is 14.6. The molecule has 0 atom stereocenters. The lowest BCUT2D eigenvalue weighted by atomic mass is 10.1. The summed E-state index contributed by atoms with van der Waals surface area (Å²) in [6.45, 7) is 5.03. The number of aromatic nitrogens is 3. The van der Waals surface area contributed by atoms with E-state index in [2.05, 4.69) is 46.8 Å². The van der Waals surface area contributed by atoms with E-state index < -0.39 is 0 Å². The zero-order valence-electron chi connectivity index (χ0n) is 17.2. The highest BCUT2D eigenvalue weighted by Crippen LogP contribution is 2.30. The Morgan fingerprint density at radius 3 is 2.77 bits per heavy atom. The Hall–Kier alpha value is -3.06. The van der Waals surface area contributed by atoms with E-state index in [1.807, 2.05) is 18.2 Å². The number of ether oxygens (including phenoxy) is 1. The maximum Gasteiger partial charge on any atom is 0.336 e. The Kier molecular flexibility index (Phi) is 5.90. The summed E-state index contributed by atoms with van der Waals surface area (Å²) < 4.78 is 12.7. The van der Waals surface area contributed by atoms with Gasteiger partial charge in [-0.15, -0.1) is 10.2 Å². The van der Waals surface area contributed by atoms with Crippen LogP contribution in [-0.2, 0) is 12.3 Å². The first-order valence-electron chi connectivity index (χ1n) is 9.83. The quantitative estimate of drug-likeness (QED) is 0.306. The second-order valence-electron chi connectivity index (χ2n) is 7.07. The van der Waals surface area contributed by atoms with Crippen molar-refractivity contribution in [3.63, 3.8) is 0 Å². The lowest BCUT2D eigenvalue weighted by Gasteiger charge is -2.10. The standard InChI is InChI=1S/C23H23N3O3S/c1-4-10-26-22(16-7-5-6-15(2)11-16)24-25-23(26)30-14-17-12-21(27)29-20-13-18(28-3)8-9-19(17)20/h5-9,11-13H,4,10,14H2,1-3H3. The fourth-order valence-electron chi connectivity index (χ4n) is 3.42. The van der Waals surface area contributed by atoms with Crippen LogP contribution >= 0.6 is 11.8 Å². The minimum Gasteiger partial charge on any atom is -0.497 e. The summed E-state index contributed by atoms with van der Waals surface area (Å²) in [6, 6.07) is 15.3. The second kappa shape index (κ2) is 8.75. The van der Waals surface area contributed by atoms with Gasteiger partial charge in [-0.1, -0.05) is 42.4 Å². The number of methoxy groups -OCH3 is 1. The van der Waals surface area contributed by atoms with Crippen molar-refractivity contribution in [2.45, 2.75) is 37.7 Å². The molecule has 0 unspecified atom stereocenters. The number of hydrogen-bond acceptors (Lipinski definition) is 6. The maximum absolute atomic E-state index is 12.1. The highest BCUT2D eigenvalue weighted by atomic mass is 32.2. The first kappa shape index (κ1) is 20.2. The molecule has 0 aliphatic heterocycles. The smallest absolute Gasteiger partial charge is 0.336 e. The van der Waals surface area contributed by atoms with Crippen molar-refractivity contribution in [2.24, 2.45) is 0 Å². The summed E-state index contributed by atoms with van der Waals surface area (Å²) in [5.74, 6) is 2.11. The van der Waals surface area contributed by atoms with Gasteiger partial charge in [-0.05, 0) is 37.1 Å². The van der Waals surface area contributed by atoms with Crippen LogP contribution in [0.4, 0.5) is 0 Å². The number of rotatable bonds is 7. The van der Waals surface area contributed by atoms with Gasteiger partial charge in [0.1, 0.15) is 11.3 Å². The van der Waals surface area contributed by atoms with E-state index in [0.29, 0.717) is 17.1 Å². The van der Waals surface area contributed by atoms with Gasteiger partial charge in [0.15, 0.2) is 11.0 Å². The Bertz CT molecular complexity index is 1250. The van der Waals surface area contributed by atoms with Crippen molar-refractivity contribution in [3.8, 4) is 17.1 Å². The molecule has 0 spiro atoms. The molecule has 6 nitrogen and oxygen atoms in total. The van der Waals surface area contributed by atoms with Crippen LogP contribution in [0.3, 0.4) is 0 Å². The van der Waals surface area contributed by atoms with Gasteiger partial charge in [-0.3, -0.25) is 0 Å². The van der Waals surface area contributed by atoms with Crippen LogP contribution in [-0.4, -0.2) is 21.9 Å². The zero-order chi connectivity index (χ0) is 21.1. The number of aryl methyl sites for hydroxylation is 1. The summed E-state index contributed by atoms with van der Waals surface area (Å²) in [5, 5.41) is 10.6. The van der Waals surface area contributed by atoms with Gasteiger partial charge in [0.05, 0.1) is 7.11 Å². The van der Waals surface area contributed by atoms with Gasteiger partial charge in [-0.25, -0.2) is 4.79 Å². The molecule has 0 aliphatic rings. The molecule has 7 heteroatoms. The lowest BCUT2D eigenvalue weighted by Crippen LogP contribution is -2.03. The Balaban J connectivity index is 1.66. The maximum atomic E-state index is 12.1. The highest BCUT2D eigenvalue weighted by molar-refractivity contribution is 7.98. The molecular formula is C23H23N3O3S. The summed E-state index contributed by atoms with van der Waals surface area (Å²) in [6.07, 6.45) is 0.974. The van der Waals surface area contributed by atoms with Gasteiger partial charge in [-0.2, -0.15) is 0 Å². The molecule has 0 saturated heterocycles. The molecule has 0 radical (unpaired) electrons. The fraction of sp³-hybridized carbons (Fsp3) is 0.261. The Morgan fingerprint density at radius 1 is 1.13 bits per heavy atom. The summed E-state index contributed by atoms with van der Waals surface area (Å²) in [4.78, 5) is 12.1. The number of benzene rings is 2. The van der Waals surface area contributed by atoms with Gasteiger partial charge in [0, 0.05) is 35.4 Å². The van der Waals surface area contributed by atoms with Gasteiger partial charge in [0.2, 0.25) is 0 Å². The summed E-state index contributed by atoms with van der Waals surface area (Å²) in [7, 11) is 1.59. The van der Waals surface area contributed by atoms with Crippen molar-refractivity contribution >= 4 is 22.7 Å². The van der Waals surface area contributed by atoms with E-state index in [-0.39, 0.29) is 5.63 Å². The van der Waals surface area contributed by atoms with Gasteiger partial charge in [0.25, 0.3) is 0 Å². The normalized spacial score (nSPS) is 11.2. The van der Waals surface area contributed by atoms with Crippen LogP contribution in [0.2, 0.25) is 0 Å². The third-order valence-corrected chi connectivity index (χ3v) is 5.85. The molecular weight excluding hydrogens is 398 g/mol. The first-order valence-corrected chi connectivity index (χ1v) is 10.8. The van der Waals surface area contributed by atoms with E-state index in [1.165, 1.54) is 5.56 Å². The van der Waals surface area contributed by atoms with Crippen LogP contribution < -0.4 is 10.4 Å². The molecule has 0 aliphatic carbocycles. The molecule has 0 bridgehead atoms. The molecule has 2 heterocycles.